The van der Waals surface area contributed by atoms with Crippen LogP contribution in [0.25, 0.3) is 0 Å². The molecular weight excluding hydrogens is 146 g/mol. The van der Waals surface area contributed by atoms with Gasteiger partial charge in [0.15, 0.2) is 0 Å². The highest BCUT2D eigenvalue weighted by Gasteiger charge is 2.02. The zero-order valence-corrected chi connectivity index (χ0v) is 8.18. The molecule has 0 aromatic rings. The summed E-state index contributed by atoms with van der Waals surface area (Å²) in [6, 6.07) is 0. The Morgan fingerprint density at radius 3 is 2.75 bits per heavy atom. The quantitative estimate of drug-likeness (QED) is 0.548. The molecule has 0 saturated heterocycles. The van der Waals surface area contributed by atoms with Gasteiger partial charge in [0.1, 0.15) is 0 Å². The average Bonchev–Trinajstić information content (AvgIpc) is 2.57. The Kier molecular flexibility index (Phi) is 4.89. The van der Waals surface area contributed by atoms with Crippen LogP contribution in [0.4, 0.5) is 0 Å². The van der Waals surface area contributed by atoms with Gasteiger partial charge >= 0.3 is 0 Å². The van der Waals surface area contributed by atoms with Crippen LogP contribution in [-0.4, -0.2) is 18.0 Å². The maximum Gasteiger partial charge on any atom is 0.0561 e. The Morgan fingerprint density at radius 2 is 2.08 bits per heavy atom. The third kappa shape index (κ3) is 3.80. The number of unbranched alkanes of at least 4 members (excludes halogenated alkanes) is 4. The van der Waals surface area contributed by atoms with Crippen molar-refractivity contribution in [2.75, 3.05) is 13.1 Å². The summed E-state index contributed by atoms with van der Waals surface area (Å²) in [5.41, 5.74) is 0. The Balaban J connectivity index is 1.85. The van der Waals surface area contributed by atoms with Crippen molar-refractivity contribution in [3.05, 3.63) is 12.3 Å². The molecular formula is C11H20N. The fraction of sp³-hybridized carbons (Fsp3) is 0.818. The van der Waals surface area contributed by atoms with Gasteiger partial charge in [0.25, 0.3) is 0 Å². The van der Waals surface area contributed by atoms with E-state index in [0.29, 0.717) is 0 Å². The minimum Gasteiger partial charge on any atom is -0.370 e. The fourth-order valence-electron chi connectivity index (χ4n) is 1.56. The fourth-order valence-corrected chi connectivity index (χ4v) is 1.56. The molecule has 1 aliphatic heterocycles. The molecule has 0 unspecified atom stereocenters. The lowest BCUT2D eigenvalue weighted by Gasteiger charge is -2.13. The van der Waals surface area contributed by atoms with Crippen LogP contribution in [0, 0.1) is 6.20 Å². The van der Waals surface area contributed by atoms with Gasteiger partial charge < -0.3 is 4.90 Å². The van der Waals surface area contributed by atoms with Gasteiger partial charge in [0, 0.05) is 13.1 Å². The van der Waals surface area contributed by atoms with E-state index >= 15 is 0 Å². The van der Waals surface area contributed by atoms with E-state index < -0.39 is 0 Å². The van der Waals surface area contributed by atoms with Gasteiger partial charge in [-0.3, -0.25) is 0 Å². The molecule has 0 atom stereocenters. The Hall–Kier alpha value is -0.460. The van der Waals surface area contributed by atoms with Gasteiger partial charge in [-0.15, -0.1) is 0 Å². The van der Waals surface area contributed by atoms with Crippen LogP contribution in [0.15, 0.2) is 6.08 Å². The van der Waals surface area contributed by atoms with Crippen molar-refractivity contribution in [2.45, 2.75) is 45.4 Å². The van der Waals surface area contributed by atoms with Gasteiger partial charge in [-0.2, -0.15) is 0 Å². The van der Waals surface area contributed by atoms with E-state index in [4.69, 9.17) is 0 Å². The molecule has 12 heavy (non-hydrogen) atoms. The van der Waals surface area contributed by atoms with E-state index in [9.17, 15) is 0 Å². The van der Waals surface area contributed by atoms with Crippen LogP contribution in [0.5, 0.6) is 0 Å². The van der Waals surface area contributed by atoms with E-state index in [0.717, 1.165) is 0 Å². The van der Waals surface area contributed by atoms with E-state index in [1.807, 2.05) is 0 Å². The zero-order valence-electron chi connectivity index (χ0n) is 8.18. The molecule has 1 radical (unpaired) electrons. The highest BCUT2D eigenvalue weighted by Crippen LogP contribution is 2.07. The molecule has 0 amide bonds. The van der Waals surface area contributed by atoms with Crippen LogP contribution < -0.4 is 0 Å². The Labute approximate surface area is 76.5 Å². The normalized spacial score (nSPS) is 15.9. The standard InChI is InChI=1S/C11H20N/c1-2-3-4-5-6-9-12-10-7-8-11-12/h7H,2-6,8-9,11H2,1H3. The van der Waals surface area contributed by atoms with Crippen LogP contribution >= 0.6 is 0 Å². The van der Waals surface area contributed by atoms with Crippen LogP contribution in [-0.2, 0) is 0 Å². The van der Waals surface area contributed by atoms with Crippen molar-refractivity contribution in [3.8, 4) is 0 Å². The molecule has 1 heterocycles. The first-order valence-electron chi connectivity index (χ1n) is 5.26. The third-order valence-electron chi connectivity index (χ3n) is 2.35. The summed E-state index contributed by atoms with van der Waals surface area (Å²) in [7, 11) is 0. The lowest BCUT2D eigenvalue weighted by molar-refractivity contribution is 0.374. The first kappa shape index (κ1) is 9.63. The highest BCUT2D eigenvalue weighted by molar-refractivity contribution is 4.83. The summed E-state index contributed by atoms with van der Waals surface area (Å²) in [6.45, 7) is 4.69. The second-order valence-electron chi connectivity index (χ2n) is 3.52. The second-order valence-corrected chi connectivity index (χ2v) is 3.52. The van der Waals surface area contributed by atoms with Crippen molar-refractivity contribution in [3.63, 3.8) is 0 Å². The molecule has 0 aromatic carbocycles. The molecule has 1 rings (SSSR count). The first-order valence-corrected chi connectivity index (χ1v) is 5.26. The molecule has 1 nitrogen and oxygen atoms in total. The lowest BCUT2D eigenvalue weighted by Crippen LogP contribution is -2.15. The molecule has 1 heteroatoms. The zero-order chi connectivity index (χ0) is 8.65. The molecule has 0 fully saturated rings. The monoisotopic (exact) mass is 166 g/mol. The van der Waals surface area contributed by atoms with Crippen LogP contribution in [0.1, 0.15) is 45.4 Å². The van der Waals surface area contributed by atoms with E-state index in [1.54, 1.807) is 0 Å². The minimum absolute atomic E-state index is 1.20. The maximum atomic E-state index is 3.26. The first-order chi connectivity index (χ1) is 5.93. The van der Waals surface area contributed by atoms with Crippen molar-refractivity contribution in [1.82, 2.24) is 4.90 Å². The molecule has 0 N–H and O–H groups in total. The Morgan fingerprint density at radius 1 is 1.25 bits per heavy atom. The predicted octanol–water partition coefficient (Wildman–Crippen LogP) is 2.98. The van der Waals surface area contributed by atoms with Gasteiger partial charge in [0.05, 0.1) is 6.20 Å². The molecule has 0 bridgehead atoms. The Bertz CT molecular complexity index is 129. The second kappa shape index (κ2) is 6.10. The van der Waals surface area contributed by atoms with Gasteiger partial charge in [-0.05, 0) is 12.8 Å². The minimum atomic E-state index is 1.20. The van der Waals surface area contributed by atoms with Crippen molar-refractivity contribution < 1.29 is 0 Å². The largest absolute Gasteiger partial charge is 0.370 e. The van der Waals surface area contributed by atoms with E-state index in [2.05, 4.69) is 24.1 Å². The SMILES string of the molecule is CCCCCCCN1[C]=CCC1. The summed E-state index contributed by atoms with van der Waals surface area (Å²) < 4.78 is 0. The molecule has 0 spiro atoms. The predicted molar refractivity (Wildman–Crippen MR) is 52.8 cm³/mol. The summed E-state index contributed by atoms with van der Waals surface area (Å²) in [6.07, 6.45) is 13.5. The lowest BCUT2D eigenvalue weighted by atomic mass is 10.1. The highest BCUT2D eigenvalue weighted by atomic mass is 15.1. The third-order valence-corrected chi connectivity index (χ3v) is 2.35. The average molecular weight is 166 g/mol. The summed E-state index contributed by atoms with van der Waals surface area (Å²) in [5, 5.41) is 0. The summed E-state index contributed by atoms with van der Waals surface area (Å²) >= 11 is 0. The number of rotatable bonds is 6. The van der Waals surface area contributed by atoms with E-state index in [1.165, 1.54) is 51.6 Å². The van der Waals surface area contributed by atoms with Crippen molar-refractivity contribution in [2.24, 2.45) is 0 Å². The van der Waals surface area contributed by atoms with Crippen molar-refractivity contribution >= 4 is 0 Å². The summed E-state index contributed by atoms with van der Waals surface area (Å²) in [4.78, 5) is 2.31. The van der Waals surface area contributed by atoms with Crippen LogP contribution in [0.3, 0.4) is 0 Å². The molecule has 0 aromatic heterocycles. The number of hydrogen-bond donors (Lipinski definition) is 0. The number of nitrogens with zero attached hydrogens (tertiary/aromatic N) is 1. The van der Waals surface area contributed by atoms with E-state index in [-0.39, 0.29) is 0 Å². The molecule has 69 valence electrons. The smallest absolute Gasteiger partial charge is 0.0561 e. The topological polar surface area (TPSA) is 3.24 Å². The van der Waals surface area contributed by atoms with Crippen LogP contribution in [0.2, 0.25) is 0 Å². The van der Waals surface area contributed by atoms with Gasteiger partial charge in [-0.25, -0.2) is 0 Å². The van der Waals surface area contributed by atoms with Gasteiger partial charge in [-0.1, -0.05) is 38.7 Å². The molecule has 0 saturated carbocycles. The van der Waals surface area contributed by atoms with Crippen molar-refractivity contribution in [1.29, 1.82) is 0 Å². The maximum absolute atomic E-state index is 3.26. The molecule has 1 aliphatic rings. The number of hydrogen-bond acceptors (Lipinski definition) is 1. The van der Waals surface area contributed by atoms with Gasteiger partial charge in [0.2, 0.25) is 0 Å². The molecule has 0 aliphatic carbocycles. The summed E-state index contributed by atoms with van der Waals surface area (Å²) in [5.74, 6) is 0.